The number of ketones is 2. The van der Waals surface area contributed by atoms with Crippen LogP contribution in [0.4, 0.5) is 0 Å². The molecule has 0 fully saturated rings. The molecule has 0 radical (unpaired) electrons. The summed E-state index contributed by atoms with van der Waals surface area (Å²) < 4.78 is 0. The molecule has 1 unspecified atom stereocenters. The highest BCUT2D eigenvalue weighted by Gasteiger charge is 2.44. The normalized spacial score (nSPS) is 16.7. The molecule has 29 heavy (non-hydrogen) atoms. The molecular formula is C26H38O3. The van der Waals surface area contributed by atoms with Crippen molar-refractivity contribution in [1.82, 2.24) is 0 Å². The van der Waals surface area contributed by atoms with Crippen LogP contribution in [0.1, 0.15) is 81.1 Å². The molecule has 1 N–H and O–H groups in total. The Kier molecular flexibility index (Phi) is 9.07. The van der Waals surface area contributed by atoms with E-state index in [2.05, 4.69) is 12.2 Å². The second-order valence-electron chi connectivity index (χ2n) is 9.01. The Balaban J connectivity index is 3.70. The van der Waals surface area contributed by atoms with Crippen molar-refractivity contribution in [2.75, 3.05) is 0 Å². The average molecular weight is 399 g/mol. The molecule has 1 aliphatic rings. The standard InChI is InChI=1S/C26H38O3/c1-9-20(8)23(27)22-24(28)21(11-10-17(2)3)16-26(25(22)29,14-12-18(4)5)15-13-19(6)7/h10,12-13,16,20,28H,9,11,14-15H2,1-8H3. The molecule has 0 bridgehead atoms. The van der Waals surface area contributed by atoms with Gasteiger partial charge in [-0.1, -0.05) is 54.9 Å². The molecule has 0 aliphatic heterocycles. The molecule has 1 rings (SSSR count). The lowest BCUT2D eigenvalue weighted by Gasteiger charge is -2.34. The number of Topliss-reactive ketones (excluding diaryl/α,β-unsaturated/α-hetero) is 2. The topological polar surface area (TPSA) is 54.4 Å². The lowest BCUT2D eigenvalue weighted by molar-refractivity contribution is -0.127. The minimum atomic E-state index is -0.843. The first-order chi connectivity index (χ1) is 13.4. The Labute approximate surface area is 177 Å². The molecular weight excluding hydrogens is 360 g/mol. The minimum absolute atomic E-state index is 0.0108. The summed E-state index contributed by atoms with van der Waals surface area (Å²) in [5.41, 5.74) is 3.20. The van der Waals surface area contributed by atoms with Crippen LogP contribution in [-0.2, 0) is 9.59 Å². The quantitative estimate of drug-likeness (QED) is 0.337. The van der Waals surface area contributed by atoms with E-state index in [1.165, 1.54) is 0 Å². The molecule has 0 aromatic carbocycles. The largest absolute Gasteiger partial charge is 0.507 e. The summed E-state index contributed by atoms with van der Waals surface area (Å²) in [6.07, 6.45) is 10.2. The molecule has 3 heteroatoms. The third kappa shape index (κ3) is 6.42. The van der Waals surface area contributed by atoms with Gasteiger partial charge in [0.1, 0.15) is 11.3 Å². The first-order valence-electron chi connectivity index (χ1n) is 10.6. The summed E-state index contributed by atoms with van der Waals surface area (Å²) in [5, 5.41) is 10.9. The van der Waals surface area contributed by atoms with Crippen LogP contribution in [0.3, 0.4) is 0 Å². The fourth-order valence-corrected chi connectivity index (χ4v) is 3.27. The van der Waals surface area contributed by atoms with Gasteiger partial charge < -0.3 is 5.11 Å². The molecule has 3 nitrogen and oxygen atoms in total. The SMILES string of the molecule is CCC(C)C(=O)C1=C(O)C(CC=C(C)C)=CC(CC=C(C)C)(CC=C(C)C)C1=O. The highest BCUT2D eigenvalue weighted by atomic mass is 16.3. The second kappa shape index (κ2) is 10.6. The maximum Gasteiger partial charge on any atom is 0.180 e. The molecule has 160 valence electrons. The minimum Gasteiger partial charge on any atom is -0.507 e. The Morgan fingerprint density at radius 2 is 1.48 bits per heavy atom. The predicted octanol–water partition coefficient (Wildman–Crippen LogP) is 6.98. The molecule has 0 spiro atoms. The summed E-state index contributed by atoms with van der Waals surface area (Å²) in [5.74, 6) is -0.945. The van der Waals surface area contributed by atoms with Gasteiger partial charge in [-0.3, -0.25) is 9.59 Å². The molecule has 0 aromatic heterocycles. The number of carbonyl (C=O) groups is 2. The van der Waals surface area contributed by atoms with Gasteiger partial charge in [-0.05, 0) is 72.8 Å². The maximum atomic E-state index is 13.7. The van der Waals surface area contributed by atoms with E-state index >= 15 is 0 Å². The van der Waals surface area contributed by atoms with Gasteiger partial charge in [0.05, 0.1) is 5.41 Å². The van der Waals surface area contributed by atoms with Crippen molar-refractivity contribution in [3.8, 4) is 0 Å². The smallest absolute Gasteiger partial charge is 0.180 e. The van der Waals surface area contributed by atoms with Crippen molar-refractivity contribution >= 4 is 11.6 Å². The molecule has 1 aliphatic carbocycles. The fraction of sp³-hybridized carbons (Fsp3) is 0.538. The van der Waals surface area contributed by atoms with Crippen LogP contribution >= 0.6 is 0 Å². The van der Waals surface area contributed by atoms with Gasteiger partial charge >= 0.3 is 0 Å². The molecule has 0 saturated carbocycles. The number of allylic oxidation sites excluding steroid dienone is 9. The van der Waals surface area contributed by atoms with E-state index in [4.69, 9.17) is 0 Å². The van der Waals surface area contributed by atoms with Gasteiger partial charge in [0, 0.05) is 5.92 Å². The Hall–Kier alpha value is -2.16. The van der Waals surface area contributed by atoms with E-state index in [0.717, 1.165) is 16.7 Å². The van der Waals surface area contributed by atoms with Gasteiger partial charge in [0.2, 0.25) is 0 Å². The number of carbonyl (C=O) groups excluding carboxylic acids is 2. The first-order valence-corrected chi connectivity index (χ1v) is 10.6. The van der Waals surface area contributed by atoms with Gasteiger partial charge in [-0.2, -0.15) is 0 Å². The Morgan fingerprint density at radius 1 is 1.00 bits per heavy atom. The summed E-state index contributed by atoms with van der Waals surface area (Å²) in [7, 11) is 0. The zero-order valence-corrected chi connectivity index (χ0v) is 19.5. The van der Waals surface area contributed by atoms with Crippen molar-refractivity contribution in [1.29, 1.82) is 0 Å². The van der Waals surface area contributed by atoms with Crippen molar-refractivity contribution in [2.24, 2.45) is 11.3 Å². The van der Waals surface area contributed by atoms with Crippen LogP contribution in [0.5, 0.6) is 0 Å². The summed E-state index contributed by atoms with van der Waals surface area (Å²) >= 11 is 0. The summed E-state index contributed by atoms with van der Waals surface area (Å²) in [4.78, 5) is 26.8. The third-order valence-corrected chi connectivity index (χ3v) is 5.46. The van der Waals surface area contributed by atoms with E-state index in [1.807, 2.05) is 67.5 Å². The molecule has 0 saturated heterocycles. The van der Waals surface area contributed by atoms with E-state index in [9.17, 15) is 14.7 Å². The van der Waals surface area contributed by atoms with Crippen molar-refractivity contribution in [3.63, 3.8) is 0 Å². The lowest BCUT2D eigenvalue weighted by atomic mass is 9.67. The molecule has 0 aromatic rings. The van der Waals surface area contributed by atoms with E-state index < -0.39 is 5.41 Å². The van der Waals surface area contributed by atoms with E-state index in [-0.39, 0.29) is 28.8 Å². The van der Waals surface area contributed by atoms with E-state index in [1.54, 1.807) is 0 Å². The number of aliphatic hydroxyl groups is 1. The highest BCUT2D eigenvalue weighted by Crippen LogP contribution is 2.43. The number of hydrogen-bond donors (Lipinski definition) is 1. The van der Waals surface area contributed by atoms with Crippen molar-refractivity contribution < 1.29 is 14.7 Å². The summed E-state index contributed by atoms with van der Waals surface area (Å²) in [6, 6.07) is 0. The van der Waals surface area contributed by atoms with Crippen LogP contribution < -0.4 is 0 Å². The predicted molar refractivity (Wildman–Crippen MR) is 122 cm³/mol. The average Bonchev–Trinajstić information content (AvgIpc) is 2.64. The summed E-state index contributed by atoms with van der Waals surface area (Å²) in [6.45, 7) is 15.8. The number of aliphatic hydroxyl groups excluding tert-OH is 1. The third-order valence-electron chi connectivity index (χ3n) is 5.46. The van der Waals surface area contributed by atoms with Gasteiger partial charge in [0.15, 0.2) is 11.6 Å². The number of rotatable bonds is 9. The van der Waals surface area contributed by atoms with Crippen LogP contribution in [0, 0.1) is 11.3 Å². The Bertz CT molecular complexity index is 768. The van der Waals surface area contributed by atoms with Gasteiger partial charge in [0.25, 0.3) is 0 Å². The molecule has 1 atom stereocenters. The maximum absolute atomic E-state index is 13.7. The lowest BCUT2D eigenvalue weighted by Crippen LogP contribution is -2.38. The molecule has 0 amide bonds. The van der Waals surface area contributed by atoms with Gasteiger partial charge in [-0.15, -0.1) is 0 Å². The highest BCUT2D eigenvalue weighted by molar-refractivity contribution is 6.24. The van der Waals surface area contributed by atoms with Gasteiger partial charge in [-0.25, -0.2) is 0 Å². The Morgan fingerprint density at radius 3 is 1.90 bits per heavy atom. The van der Waals surface area contributed by atoms with E-state index in [0.29, 0.717) is 31.3 Å². The van der Waals surface area contributed by atoms with Crippen LogP contribution in [-0.4, -0.2) is 16.7 Å². The van der Waals surface area contributed by atoms with Crippen LogP contribution in [0.2, 0.25) is 0 Å². The monoisotopic (exact) mass is 398 g/mol. The molecule has 0 heterocycles. The van der Waals surface area contributed by atoms with Crippen LogP contribution in [0.25, 0.3) is 0 Å². The van der Waals surface area contributed by atoms with Crippen molar-refractivity contribution in [2.45, 2.75) is 81.1 Å². The first kappa shape index (κ1) is 24.9. The van der Waals surface area contributed by atoms with Crippen LogP contribution in [0.15, 0.2) is 57.9 Å². The zero-order valence-electron chi connectivity index (χ0n) is 19.5. The fourth-order valence-electron chi connectivity index (χ4n) is 3.27. The zero-order chi connectivity index (χ0) is 22.4. The van der Waals surface area contributed by atoms with Crippen molar-refractivity contribution in [3.05, 3.63) is 57.9 Å². The number of hydrogen-bond acceptors (Lipinski definition) is 3. The second-order valence-corrected chi connectivity index (χ2v) is 9.01.